The number of carbonyl (C=O) groups excluding carboxylic acids is 1. The Balaban J connectivity index is 2.41. The van der Waals surface area contributed by atoms with E-state index >= 15 is 0 Å². The van der Waals surface area contributed by atoms with E-state index in [-0.39, 0.29) is 29.6 Å². The molecule has 1 amide bonds. The van der Waals surface area contributed by atoms with Crippen molar-refractivity contribution in [3.63, 3.8) is 0 Å². The van der Waals surface area contributed by atoms with Gasteiger partial charge in [-0.15, -0.1) is 11.6 Å². The predicted octanol–water partition coefficient (Wildman–Crippen LogP) is 2.89. The zero-order chi connectivity index (χ0) is 12.8. The van der Waals surface area contributed by atoms with Gasteiger partial charge in [0.1, 0.15) is 5.82 Å². The molecule has 0 heterocycles. The Bertz CT molecular complexity index is 364. The molecule has 1 N–H and O–H groups in total. The maximum Gasteiger partial charge on any atom is 0.224 e. The van der Waals surface area contributed by atoms with Crippen LogP contribution in [0.4, 0.5) is 4.39 Å². The molecule has 1 rings (SSSR count). The number of amides is 1. The van der Waals surface area contributed by atoms with Crippen LogP contribution in [0.2, 0.25) is 0 Å². The summed E-state index contributed by atoms with van der Waals surface area (Å²) in [4.78, 5) is 11.6. The number of halogens is 2. The molecule has 0 aliphatic carbocycles. The van der Waals surface area contributed by atoms with Gasteiger partial charge < -0.3 is 5.32 Å². The third-order valence-corrected chi connectivity index (χ3v) is 2.54. The fourth-order valence-corrected chi connectivity index (χ4v) is 1.93. The zero-order valence-electron chi connectivity index (χ0n) is 10.0. The largest absolute Gasteiger partial charge is 0.353 e. The van der Waals surface area contributed by atoms with Gasteiger partial charge in [0.2, 0.25) is 5.91 Å². The molecule has 2 unspecified atom stereocenters. The van der Waals surface area contributed by atoms with Crippen LogP contribution in [0.25, 0.3) is 0 Å². The van der Waals surface area contributed by atoms with E-state index in [4.69, 9.17) is 11.6 Å². The van der Waals surface area contributed by atoms with Crippen LogP contribution in [0.5, 0.6) is 0 Å². The average molecular weight is 258 g/mol. The molecule has 0 aliphatic heterocycles. The zero-order valence-corrected chi connectivity index (χ0v) is 10.8. The fraction of sp³-hybridized carbons (Fsp3) is 0.462. The molecule has 0 aromatic heterocycles. The van der Waals surface area contributed by atoms with E-state index in [0.29, 0.717) is 0 Å². The van der Waals surface area contributed by atoms with Crippen molar-refractivity contribution in [2.75, 3.05) is 0 Å². The summed E-state index contributed by atoms with van der Waals surface area (Å²) >= 11 is 5.84. The summed E-state index contributed by atoms with van der Waals surface area (Å²) in [5.41, 5.74) is 0.801. The first-order chi connectivity index (χ1) is 7.97. The SMILES string of the molecule is CC(Cl)CC(C)NC(=O)Cc1ccc(F)cc1. The van der Waals surface area contributed by atoms with E-state index in [1.54, 1.807) is 12.1 Å². The van der Waals surface area contributed by atoms with E-state index in [2.05, 4.69) is 5.32 Å². The number of benzene rings is 1. The molecular formula is C13H17ClFNO. The lowest BCUT2D eigenvalue weighted by atomic mass is 10.1. The van der Waals surface area contributed by atoms with E-state index in [1.165, 1.54) is 12.1 Å². The topological polar surface area (TPSA) is 29.1 Å². The third kappa shape index (κ3) is 5.68. The summed E-state index contributed by atoms with van der Waals surface area (Å²) < 4.78 is 12.7. The highest BCUT2D eigenvalue weighted by Crippen LogP contribution is 2.06. The Morgan fingerprint density at radius 1 is 1.35 bits per heavy atom. The molecular weight excluding hydrogens is 241 g/mol. The van der Waals surface area contributed by atoms with Gasteiger partial charge in [0.15, 0.2) is 0 Å². The average Bonchev–Trinajstić information content (AvgIpc) is 2.19. The Morgan fingerprint density at radius 3 is 2.47 bits per heavy atom. The van der Waals surface area contributed by atoms with Crippen molar-refractivity contribution in [2.24, 2.45) is 0 Å². The second-order valence-electron chi connectivity index (χ2n) is 4.29. The number of rotatable bonds is 5. The second-order valence-corrected chi connectivity index (χ2v) is 5.03. The van der Waals surface area contributed by atoms with Crippen molar-refractivity contribution in [3.8, 4) is 0 Å². The van der Waals surface area contributed by atoms with Gasteiger partial charge in [-0.05, 0) is 38.0 Å². The van der Waals surface area contributed by atoms with Gasteiger partial charge in [-0.1, -0.05) is 12.1 Å². The smallest absolute Gasteiger partial charge is 0.224 e. The van der Waals surface area contributed by atoms with Crippen molar-refractivity contribution >= 4 is 17.5 Å². The van der Waals surface area contributed by atoms with Gasteiger partial charge >= 0.3 is 0 Å². The first-order valence-electron chi connectivity index (χ1n) is 5.65. The van der Waals surface area contributed by atoms with Crippen molar-refractivity contribution in [1.29, 1.82) is 0 Å². The van der Waals surface area contributed by atoms with Crippen molar-refractivity contribution in [1.82, 2.24) is 5.32 Å². The van der Waals surface area contributed by atoms with E-state index in [1.807, 2.05) is 13.8 Å². The molecule has 2 nitrogen and oxygen atoms in total. The lowest BCUT2D eigenvalue weighted by Gasteiger charge is -2.14. The van der Waals surface area contributed by atoms with Crippen LogP contribution in [-0.4, -0.2) is 17.3 Å². The molecule has 0 bridgehead atoms. The van der Waals surface area contributed by atoms with Gasteiger partial charge in [-0.2, -0.15) is 0 Å². The summed E-state index contributed by atoms with van der Waals surface area (Å²) in [6.45, 7) is 3.81. The summed E-state index contributed by atoms with van der Waals surface area (Å²) in [7, 11) is 0. The molecule has 17 heavy (non-hydrogen) atoms. The molecule has 94 valence electrons. The van der Waals surface area contributed by atoms with E-state index in [0.717, 1.165) is 12.0 Å². The van der Waals surface area contributed by atoms with Gasteiger partial charge in [0, 0.05) is 11.4 Å². The Hall–Kier alpha value is -1.09. The first-order valence-corrected chi connectivity index (χ1v) is 6.09. The van der Waals surface area contributed by atoms with Gasteiger partial charge in [-0.3, -0.25) is 4.79 Å². The van der Waals surface area contributed by atoms with Crippen LogP contribution in [0, 0.1) is 5.82 Å². The van der Waals surface area contributed by atoms with Crippen molar-refractivity contribution in [3.05, 3.63) is 35.6 Å². The number of nitrogens with one attached hydrogen (secondary N) is 1. The summed E-state index contributed by atoms with van der Waals surface area (Å²) in [6, 6.07) is 5.99. The third-order valence-electron chi connectivity index (χ3n) is 2.36. The quantitative estimate of drug-likeness (QED) is 0.808. The minimum Gasteiger partial charge on any atom is -0.353 e. The fourth-order valence-electron chi connectivity index (χ4n) is 1.66. The molecule has 1 aromatic carbocycles. The molecule has 0 saturated carbocycles. The lowest BCUT2D eigenvalue weighted by molar-refractivity contribution is -0.121. The maximum absolute atomic E-state index is 12.7. The number of alkyl halides is 1. The van der Waals surface area contributed by atoms with Crippen LogP contribution in [0.1, 0.15) is 25.8 Å². The predicted molar refractivity (Wildman–Crippen MR) is 67.6 cm³/mol. The van der Waals surface area contributed by atoms with Gasteiger partial charge in [-0.25, -0.2) is 4.39 Å². The number of hydrogen-bond donors (Lipinski definition) is 1. The normalized spacial score (nSPS) is 14.1. The summed E-state index contributed by atoms with van der Waals surface area (Å²) in [6.07, 6.45) is 0.998. The molecule has 0 radical (unpaired) electrons. The Kier molecular flexibility index (Phi) is 5.42. The standard InChI is InChI=1S/C13H17ClFNO/c1-9(14)7-10(2)16-13(17)8-11-3-5-12(15)6-4-11/h3-6,9-10H,7-8H2,1-2H3,(H,16,17). The van der Waals surface area contributed by atoms with Crippen molar-refractivity contribution in [2.45, 2.75) is 38.1 Å². The summed E-state index contributed by atoms with van der Waals surface area (Å²) in [5.74, 6) is -0.361. The molecule has 4 heteroatoms. The minimum absolute atomic E-state index is 0.0381. The second kappa shape index (κ2) is 6.60. The number of carbonyl (C=O) groups is 1. The van der Waals surface area contributed by atoms with E-state index < -0.39 is 0 Å². The lowest BCUT2D eigenvalue weighted by Crippen LogP contribution is -2.34. The molecule has 0 fully saturated rings. The number of hydrogen-bond acceptors (Lipinski definition) is 1. The summed E-state index contributed by atoms with van der Waals surface area (Å²) in [5, 5.41) is 2.90. The molecule has 0 saturated heterocycles. The van der Waals surface area contributed by atoms with E-state index in [9.17, 15) is 9.18 Å². The van der Waals surface area contributed by atoms with Crippen LogP contribution < -0.4 is 5.32 Å². The maximum atomic E-state index is 12.7. The van der Waals surface area contributed by atoms with Crippen LogP contribution in [0.3, 0.4) is 0 Å². The van der Waals surface area contributed by atoms with Gasteiger partial charge in [0.25, 0.3) is 0 Å². The van der Waals surface area contributed by atoms with Crippen molar-refractivity contribution < 1.29 is 9.18 Å². The van der Waals surface area contributed by atoms with Crippen LogP contribution in [0.15, 0.2) is 24.3 Å². The monoisotopic (exact) mass is 257 g/mol. The molecule has 1 aromatic rings. The highest BCUT2D eigenvalue weighted by atomic mass is 35.5. The minimum atomic E-state index is -0.293. The Labute approximate surface area is 106 Å². The van der Waals surface area contributed by atoms with Crippen LogP contribution in [-0.2, 0) is 11.2 Å². The Morgan fingerprint density at radius 2 is 1.94 bits per heavy atom. The highest BCUT2D eigenvalue weighted by molar-refractivity contribution is 6.20. The highest BCUT2D eigenvalue weighted by Gasteiger charge is 2.10. The van der Waals surface area contributed by atoms with Crippen LogP contribution >= 0.6 is 11.6 Å². The van der Waals surface area contributed by atoms with Gasteiger partial charge in [0.05, 0.1) is 6.42 Å². The molecule has 0 aliphatic rings. The first kappa shape index (κ1) is 14.0. The molecule has 2 atom stereocenters. The molecule has 0 spiro atoms.